The highest BCUT2D eigenvalue weighted by molar-refractivity contribution is 5.80. The van der Waals surface area contributed by atoms with E-state index in [1.165, 1.54) is 0 Å². The smallest absolute Gasteiger partial charge is 0.227 e. The Bertz CT molecular complexity index is 634. The van der Waals surface area contributed by atoms with E-state index in [1.807, 2.05) is 24.3 Å². The predicted octanol–water partition coefficient (Wildman–Crippen LogP) is 2.33. The minimum atomic E-state index is 0.0984. The fourth-order valence-electron chi connectivity index (χ4n) is 3.88. The van der Waals surface area contributed by atoms with E-state index in [2.05, 4.69) is 34.6 Å². The Morgan fingerprint density at radius 3 is 2.56 bits per heavy atom. The van der Waals surface area contributed by atoms with Gasteiger partial charge in [-0.3, -0.25) is 9.69 Å². The van der Waals surface area contributed by atoms with Crippen LogP contribution in [0.15, 0.2) is 24.3 Å². The Kier molecular flexibility index (Phi) is 5.60. The SMILES string of the molecule is CC(C)N1CCCN(C(=O)[C@H]2CCN(c3ccc(C#N)cc3)C2)CC1. The average molecular weight is 340 g/mol. The van der Waals surface area contributed by atoms with E-state index in [-0.39, 0.29) is 5.92 Å². The van der Waals surface area contributed by atoms with Crippen molar-refractivity contribution < 1.29 is 4.79 Å². The highest BCUT2D eigenvalue weighted by Gasteiger charge is 2.32. The Morgan fingerprint density at radius 1 is 1.12 bits per heavy atom. The minimum absolute atomic E-state index is 0.0984. The molecule has 0 saturated carbocycles. The Hall–Kier alpha value is -2.06. The van der Waals surface area contributed by atoms with Crippen molar-refractivity contribution >= 4 is 11.6 Å². The van der Waals surface area contributed by atoms with E-state index in [1.54, 1.807) is 0 Å². The maximum absolute atomic E-state index is 12.9. The van der Waals surface area contributed by atoms with Gasteiger partial charge >= 0.3 is 0 Å². The summed E-state index contributed by atoms with van der Waals surface area (Å²) in [5.74, 6) is 0.419. The van der Waals surface area contributed by atoms with E-state index in [0.29, 0.717) is 17.5 Å². The van der Waals surface area contributed by atoms with Gasteiger partial charge in [-0.1, -0.05) is 0 Å². The Labute approximate surface area is 150 Å². The normalized spacial score (nSPS) is 22.1. The highest BCUT2D eigenvalue weighted by Crippen LogP contribution is 2.26. The second-order valence-corrected chi connectivity index (χ2v) is 7.40. The fraction of sp³-hybridized carbons (Fsp3) is 0.600. The lowest BCUT2D eigenvalue weighted by atomic mass is 10.1. The van der Waals surface area contributed by atoms with Crippen LogP contribution in [0.2, 0.25) is 0 Å². The molecule has 0 unspecified atom stereocenters. The average Bonchev–Trinajstić information content (AvgIpc) is 2.98. The van der Waals surface area contributed by atoms with Crippen molar-refractivity contribution in [2.75, 3.05) is 44.2 Å². The molecule has 2 heterocycles. The summed E-state index contributed by atoms with van der Waals surface area (Å²) in [4.78, 5) is 19.8. The molecule has 25 heavy (non-hydrogen) atoms. The molecular weight excluding hydrogens is 312 g/mol. The van der Waals surface area contributed by atoms with Gasteiger partial charge in [0.05, 0.1) is 17.6 Å². The molecular formula is C20H28N4O. The molecule has 0 bridgehead atoms. The number of amides is 1. The topological polar surface area (TPSA) is 50.6 Å². The third-order valence-corrected chi connectivity index (χ3v) is 5.47. The first kappa shape index (κ1) is 17.8. The summed E-state index contributed by atoms with van der Waals surface area (Å²) >= 11 is 0. The van der Waals surface area contributed by atoms with Crippen LogP contribution < -0.4 is 4.90 Å². The third-order valence-electron chi connectivity index (χ3n) is 5.47. The fourth-order valence-corrected chi connectivity index (χ4v) is 3.88. The van der Waals surface area contributed by atoms with Gasteiger partial charge < -0.3 is 9.80 Å². The monoisotopic (exact) mass is 340 g/mol. The van der Waals surface area contributed by atoms with Crippen LogP contribution in [0.3, 0.4) is 0 Å². The van der Waals surface area contributed by atoms with Crippen molar-refractivity contribution in [1.82, 2.24) is 9.80 Å². The van der Waals surface area contributed by atoms with E-state index < -0.39 is 0 Å². The predicted molar refractivity (Wildman–Crippen MR) is 99.4 cm³/mol. The lowest BCUT2D eigenvalue weighted by molar-refractivity contribution is -0.134. The zero-order chi connectivity index (χ0) is 17.8. The molecule has 5 heteroatoms. The largest absolute Gasteiger partial charge is 0.371 e. The molecule has 0 radical (unpaired) electrons. The maximum Gasteiger partial charge on any atom is 0.227 e. The van der Waals surface area contributed by atoms with Crippen LogP contribution in [-0.2, 0) is 4.79 Å². The van der Waals surface area contributed by atoms with Crippen molar-refractivity contribution in [3.63, 3.8) is 0 Å². The Morgan fingerprint density at radius 2 is 1.88 bits per heavy atom. The standard InChI is InChI=1S/C20H28N4O/c1-16(2)22-9-3-10-23(13-12-22)20(25)18-8-11-24(15-18)19-6-4-17(14-21)5-7-19/h4-7,16,18H,3,8-13,15H2,1-2H3/t18-/m0/s1. The molecule has 0 aromatic heterocycles. The number of carbonyl (C=O) groups excluding carboxylic acids is 1. The quantitative estimate of drug-likeness (QED) is 0.847. The third kappa shape index (κ3) is 4.13. The molecule has 1 atom stereocenters. The molecule has 2 aliphatic heterocycles. The molecule has 0 aliphatic carbocycles. The molecule has 3 rings (SSSR count). The molecule has 1 aromatic rings. The number of hydrogen-bond acceptors (Lipinski definition) is 4. The zero-order valence-electron chi connectivity index (χ0n) is 15.3. The lowest BCUT2D eigenvalue weighted by Crippen LogP contribution is -2.40. The van der Waals surface area contributed by atoms with Gasteiger partial charge in [0.15, 0.2) is 0 Å². The highest BCUT2D eigenvalue weighted by atomic mass is 16.2. The van der Waals surface area contributed by atoms with E-state index in [0.717, 1.165) is 57.8 Å². The molecule has 1 amide bonds. The molecule has 0 N–H and O–H groups in total. The summed E-state index contributed by atoms with van der Waals surface area (Å²) in [7, 11) is 0. The molecule has 1 aromatic carbocycles. The second-order valence-electron chi connectivity index (χ2n) is 7.40. The van der Waals surface area contributed by atoms with Gasteiger partial charge in [0.1, 0.15) is 0 Å². The van der Waals surface area contributed by atoms with Crippen LogP contribution in [0, 0.1) is 17.2 Å². The van der Waals surface area contributed by atoms with Gasteiger partial charge in [0.2, 0.25) is 5.91 Å². The summed E-state index contributed by atoms with van der Waals surface area (Å²) in [5.41, 5.74) is 1.78. The van der Waals surface area contributed by atoms with Crippen molar-refractivity contribution in [3.8, 4) is 6.07 Å². The summed E-state index contributed by atoms with van der Waals surface area (Å²) in [5, 5.41) is 8.91. The summed E-state index contributed by atoms with van der Waals surface area (Å²) < 4.78 is 0. The van der Waals surface area contributed by atoms with Crippen LogP contribution in [0.1, 0.15) is 32.3 Å². The first-order valence-corrected chi connectivity index (χ1v) is 9.36. The van der Waals surface area contributed by atoms with E-state index >= 15 is 0 Å². The van der Waals surface area contributed by atoms with Crippen LogP contribution in [0.4, 0.5) is 5.69 Å². The first-order chi connectivity index (χ1) is 12.1. The second kappa shape index (κ2) is 7.88. The molecule has 2 saturated heterocycles. The number of rotatable bonds is 3. The lowest BCUT2D eigenvalue weighted by Gasteiger charge is -2.26. The van der Waals surface area contributed by atoms with Crippen LogP contribution >= 0.6 is 0 Å². The number of benzene rings is 1. The van der Waals surface area contributed by atoms with Crippen molar-refractivity contribution in [2.45, 2.75) is 32.7 Å². The number of nitriles is 1. The van der Waals surface area contributed by atoms with Gasteiger partial charge in [-0.05, 0) is 51.0 Å². The molecule has 5 nitrogen and oxygen atoms in total. The van der Waals surface area contributed by atoms with Crippen LogP contribution in [0.25, 0.3) is 0 Å². The van der Waals surface area contributed by atoms with Crippen molar-refractivity contribution in [2.24, 2.45) is 5.92 Å². The maximum atomic E-state index is 12.9. The molecule has 0 spiro atoms. The first-order valence-electron chi connectivity index (χ1n) is 9.36. The molecule has 2 aliphatic rings. The van der Waals surface area contributed by atoms with E-state index in [4.69, 9.17) is 5.26 Å². The van der Waals surface area contributed by atoms with Crippen molar-refractivity contribution in [1.29, 1.82) is 5.26 Å². The van der Waals surface area contributed by atoms with E-state index in [9.17, 15) is 4.79 Å². The van der Waals surface area contributed by atoms with Crippen molar-refractivity contribution in [3.05, 3.63) is 29.8 Å². The zero-order valence-corrected chi connectivity index (χ0v) is 15.3. The summed E-state index contributed by atoms with van der Waals surface area (Å²) in [6.07, 6.45) is 1.99. The summed E-state index contributed by atoms with van der Waals surface area (Å²) in [6.45, 7) is 9.95. The molecule has 2 fully saturated rings. The Balaban J connectivity index is 1.57. The van der Waals surface area contributed by atoms with Gasteiger partial charge in [0, 0.05) is 51.0 Å². The van der Waals surface area contributed by atoms with Gasteiger partial charge in [-0.2, -0.15) is 5.26 Å². The molecule has 134 valence electrons. The van der Waals surface area contributed by atoms with Crippen LogP contribution in [-0.4, -0.2) is 61.0 Å². The summed E-state index contributed by atoms with van der Waals surface area (Å²) in [6, 6.07) is 10.4. The number of anilines is 1. The van der Waals surface area contributed by atoms with Gasteiger partial charge in [-0.15, -0.1) is 0 Å². The number of nitrogens with zero attached hydrogens (tertiary/aromatic N) is 4. The van der Waals surface area contributed by atoms with Gasteiger partial charge in [0.25, 0.3) is 0 Å². The van der Waals surface area contributed by atoms with Gasteiger partial charge in [-0.25, -0.2) is 0 Å². The number of hydrogen-bond donors (Lipinski definition) is 0. The minimum Gasteiger partial charge on any atom is -0.371 e. The number of carbonyl (C=O) groups is 1. The van der Waals surface area contributed by atoms with Crippen LogP contribution in [0.5, 0.6) is 0 Å².